The van der Waals surface area contributed by atoms with Crippen molar-refractivity contribution >= 4 is 0 Å². The number of hydrogen-bond donors (Lipinski definition) is 1. The molecule has 0 radical (unpaired) electrons. The van der Waals surface area contributed by atoms with Crippen molar-refractivity contribution in [2.75, 3.05) is 27.2 Å². The van der Waals surface area contributed by atoms with Crippen LogP contribution in [0.5, 0.6) is 5.75 Å². The fraction of sp³-hybridized carbons (Fsp3) is 0.600. The van der Waals surface area contributed by atoms with Gasteiger partial charge in [-0.2, -0.15) is 0 Å². The van der Waals surface area contributed by atoms with Crippen LogP contribution in [-0.4, -0.2) is 37.7 Å². The quantitative estimate of drug-likeness (QED) is 0.839. The first-order valence-electron chi connectivity index (χ1n) is 6.48. The number of benzene rings is 1. The molecule has 0 bridgehead atoms. The second kappa shape index (κ2) is 6.76. The number of ether oxygens (including phenoxy) is 1. The molecule has 1 aromatic rings. The highest BCUT2D eigenvalue weighted by atomic mass is 16.5. The van der Waals surface area contributed by atoms with E-state index in [2.05, 4.69) is 43.1 Å². The number of rotatable bonds is 6. The molecule has 0 aromatic heterocycles. The molecule has 1 N–H and O–H groups in total. The van der Waals surface area contributed by atoms with Gasteiger partial charge in [0.25, 0.3) is 0 Å². The molecule has 18 heavy (non-hydrogen) atoms. The van der Waals surface area contributed by atoms with E-state index in [-0.39, 0.29) is 5.54 Å². The van der Waals surface area contributed by atoms with Crippen molar-refractivity contribution in [3.63, 3.8) is 0 Å². The summed E-state index contributed by atoms with van der Waals surface area (Å²) >= 11 is 0. The summed E-state index contributed by atoms with van der Waals surface area (Å²) in [5, 5.41) is 3.48. The normalized spacial score (nSPS) is 11.9. The van der Waals surface area contributed by atoms with Gasteiger partial charge in [-0.05, 0) is 52.6 Å². The topological polar surface area (TPSA) is 24.5 Å². The van der Waals surface area contributed by atoms with Gasteiger partial charge in [0.15, 0.2) is 0 Å². The van der Waals surface area contributed by atoms with Crippen LogP contribution < -0.4 is 10.1 Å². The lowest BCUT2D eigenvalue weighted by atomic mass is 10.1. The molecular formula is C15H26N2O. The minimum Gasteiger partial charge on any atom is -0.492 e. The Morgan fingerprint density at radius 3 is 2.56 bits per heavy atom. The summed E-state index contributed by atoms with van der Waals surface area (Å²) in [6, 6.07) is 8.28. The fourth-order valence-corrected chi connectivity index (χ4v) is 1.46. The van der Waals surface area contributed by atoms with Crippen LogP contribution in [0.2, 0.25) is 0 Å². The maximum absolute atomic E-state index is 5.72. The maximum atomic E-state index is 5.72. The predicted molar refractivity (Wildman–Crippen MR) is 77.1 cm³/mol. The summed E-state index contributed by atoms with van der Waals surface area (Å²) in [4.78, 5) is 2.12. The Morgan fingerprint density at radius 2 is 1.94 bits per heavy atom. The second-order valence-electron chi connectivity index (χ2n) is 5.90. The first-order chi connectivity index (χ1) is 8.37. The van der Waals surface area contributed by atoms with Crippen molar-refractivity contribution in [2.24, 2.45) is 0 Å². The van der Waals surface area contributed by atoms with Gasteiger partial charge in [-0.3, -0.25) is 0 Å². The summed E-state index contributed by atoms with van der Waals surface area (Å²) in [5.41, 5.74) is 1.40. The molecule has 0 atom stereocenters. The highest BCUT2D eigenvalue weighted by Gasteiger charge is 2.08. The first-order valence-corrected chi connectivity index (χ1v) is 6.48. The van der Waals surface area contributed by atoms with Crippen LogP contribution in [-0.2, 0) is 6.54 Å². The molecule has 0 saturated heterocycles. The zero-order chi connectivity index (χ0) is 13.6. The fourth-order valence-electron chi connectivity index (χ4n) is 1.46. The van der Waals surface area contributed by atoms with Crippen molar-refractivity contribution < 1.29 is 4.74 Å². The molecule has 3 heteroatoms. The number of likely N-dealkylation sites (N-methyl/N-ethyl adjacent to an activating group) is 1. The monoisotopic (exact) mass is 250 g/mol. The predicted octanol–water partition coefficient (Wildman–Crippen LogP) is 2.52. The Kier molecular flexibility index (Phi) is 5.63. The number of hydrogen-bond acceptors (Lipinski definition) is 3. The van der Waals surface area contributed by atoms with Gasteiger partial charge in [-0.15, -0.1) is 0 Å². The number of nitrogens with one attached hydrogen (secondary N) is 1. The molecule has 0 fully saturated rings. The van der Waals surface area contributed by atoms with Gasteiger partial charge in [0.05, 0.1) is 0 Å². The van der Waals surface area contributed by atoms with E-state index in [1.165, 1.54) is 5.56 Å². The van der Waals surface area contributed by atoms with Crippen LogP contribution in [0.1, 0.15) is 26.3 Å². The molecule has 0 aliphatic carbocycles. The van der Waals surface area contributed by atoms with Gasteiger partial charge < -0.3 is 15.0 Å². The molecule has 0 heterocycles. The molecule has 102 valence electrons. The highest BCUT2D eigenvalue weighted by molar-refractivity contribution is 5.28. The molecule has 0 spiro atoms. The standard InChI is InChI=1S/C15H26N2O/c1-15(2,3)16-12-13-7-6-8-14(11-13)18-10-9-17(4)5/h6-8,11,16H,9-10,12H2,1-5H3. The number of nitrogens with zero attached hydrogens (tertiary/aromatic N) is 1. The lowest BCUT2D eigenvalue weighted by molar-refractivity contribution is 0.261. The average molecular weight is 250 g/mol. The molecule has 1 aromatic carbocycles. The van der Waals surface area contributed by atoms with E-state index in [9.17, 15) is 0 Å². The molecule has 0 aliphatic rings. The Labute approximate surface area is 111 Å². The van der Waals surface area contributed by atoms with Crippen LogP contribution in [0.25, 0.3) is 0 Å². The SMILES string of the molecule is CN(C)CCOc1cccc(CNC(C)(C)C)c1. The van der Waals surface area contributed by atoms with E-state index in [1.807, 2.05) is 26.2 Å². The zero-order valence-corrected chi connectivity index (χ0v) is 12.3. The van der Waals surface area contributed by atoms with Gasteiger partial charge in [-0.25, -0.2) is 0 Å². The van der Waals surface area contributed by atoms with Gasteiger partial charge in [-0.1, -0.05) is 12.1 Å². The summed E-state index contributed by atoms with van der Waals surface area (Å²) in [6.45, 7) is 9.04. The smallest absolute Gasteiger partial charge is 0.119 e. The lowest BCUT2D eigenvalue weighted by Crippen LogP contribution is -2.35. The summed E-state index contributed by atoms with van der Waals surface area (Å²) in [7, 11) is 4.10. The van der Waals surface area contributed by atoms with Gasteiger partial charge >= 0.3 is 0 Å². The minimum absolute atomic E-state index is 0.141. The van der Waals surface area contributed by atoms with Gasteiger partial charge in [0.1, 0.15) is 12.4 Å². The third-order valence-electron chi connectivity index (χ3n) is 2.53. The Hall–Kier alpha value is -1.06. The van der Waals surface area contributed by atoms with Crippen LogP contribution in [0.4, 0.5) is 0 Å². The van der Waals surface area contributed by atoms with E-state index < -0.39 is 0 Å². The summed E-state index contributed by atoms with van der Waals surface area (Å²) in [6.07, 6.45) is 0. The van der Waals surface area contributed by atoms with Crippen LogP contribution in [0, 0.1) is 0 Å². The lowest BCUT2D eigenvalue weighted by Gasteiger charge is -2.20. The van der Waals surface area contributed by atoms with Crippen molar-refractivity contribution in [2.45, 2.75) is 32.9 Å². The average Bonchev–Trinajstić information content (AvgIpc) is 2.26. The highest BCUT2D eigenvalue weighted by Crippen LogP contribution is 2.14. The molecule has 0 unspecified atom stereocenters. The van der Waals surface area contributed by atoms with Gasteiger partial charge in [0.2, 0.25) is 0 Å². The molecule has 0 aliphatic heterocycles. The second-order valence-corrected chi connectivity index (χ2v) is 5.90. The van der Waals surface area contributed by atoms with Crippen molar-refractivity contribution in [3.05, 3.63) is 29.8 Å². The van der Waals surface area contributed by atoms with Crippen molar-refractivity contribution in [1.82, 2.24) is 10.2 Å². The van der Waals surface area contributed by atoms with Crippen LogP contribution in [0.3, 0.4) is 0 Å². The van der Waals surface area contributed by atoms with E-state index in [0.29, 0.717) is 0 Å². The molecule has 0 amide bonds. The van der Waals surface area contributed by atoms with E-state index in [0.717, 1.165) is 25.4 Å². The Bertz CT molecular complexity index is 356. The first kappa shape index (κ1) is 15.0. The van der Waals surface area contributed by atoms with E-state index in [4.69, 9.17) is 4.74 Å². The zero-order valence-electron chi connectivity index (χ0n) is 12.3. The molecular weight excluding hydrogens is 224 g/mol. The largest absolute Gasteiger partial charge is 0.492 e. The van der Waals surface area contributed by atoms with Crippen LogP contribution in [0.15, 0.2) is 24.3 Å². The molecule has 1 rings (SSSR count). The minimum atomic E-state index is 0.141. The van der Waals surface area contributed by atoms with E-state index in [1.54, 1.807) is 0 Å². The molecule has 3 nitrogen and oxygen atoms in total. The molecule has 0 saturated carbocycles. The summed E-state index contributed by atoms with van der Waals surface area (Å²) < 4.78 is 5.72. The van der Waals surface area contributed by atoms with Crippen LogP contribution >= 0.6 is 0 Å². The van der Waals surface area contributed by atoms with E-state index >= 15 is 0 Å². The van der Waals surface area contributed by atoms with Crippen molar-refractivity contribution in [3.8, 4) is 5.75 Å². The third kappa shape index (κ3) is 6.62. The van der Waals surface area contributed by atoms with Gasteiger partial charge in [0, 0.05) is 18.6 Å². The van der Waals surface area contributed by atoms with Crippen molar-refractivity contribution in [1.29, 1.82) is 0 Å². The third-order valence-corrected chi connectivity index (χ3v) is 2.53. The Balaban J connectivity index is 2.46. The maximum Gasteiger partial charge on any atom is 0.119 e. The summed E-state index contributed by atoms with van der Waals surface area (Å²) in [5.74, 6) is 0.949. The Morgan fingerprint density at radius 1 is 1.22 bits per heavy atom.